The molecular weight excluding hydrogens is 220 g/mol. The Hall–Kier alpha value is -1.81. The Labute approximate surface area is 101 Å². The number of hydrogen-bond donors (Lipinski definition) is 2. The number of hydrogen-bond acceptors (Lipinski definition) is 3. The summed E-state index contributed by atoms with van der Waals surface area (Å²) in [6.45, 7) is 5.67. The lowest BCUT2D eigenvalue weighted by atomic mass is 10.1. The highest BCUT2D eigenvalue weighted by Crippen LogP contribution is 2.12. The van der Waals surface area contributed by atoms with Gasteiger partial charge in [0.05, 0.1) is 6.26 Å². The number of benzene rings is 1. The molecule has 0 aromatic heterocycles. The first-order valence-electron chi connectivity index (χ1n) is 5.38. The summed E-state index contributed by atoms with van der Waals surface area (Å²) < 4.78 is 4.83. The minimum absolute atomic E-state index is 0.101. The molecule has 0 amide bonds. The number of aliphatic hydroxyl groups is 1. The van der Waals surface area contributed by atoms with Crippen molar-refractivity contribution in [2.45, 2.75) is 13.8 Å². The Kier molecular flexibility index (Phi) is 8.42. The third-order valence-corrected chi connectivity index (χ3v) is 1.85. The highest BCUT2D eigenvalue weighted by molar-refractivity contribution is 6.14. The summed E-state index contributed by atoms with van der Waals surface area (Å²) in [4.78, 5) is 10.5. The van der Waals surface area contributed by atoms with Crippen molar-refractivity contribution in [1.29, 1.82) is 0 Å². The van der Waals surface area contributed by atoms with Crippen LogP contribution in [0.25, 0.3) is 5.57 Å². The second-order valence-corrected chi connectivity index (χ2v) is 3.00. The Balaban J connectivity index is 0.000000437. The molecule has 4 heteroatoms. The van der Waals surface area contributed by atoms with Crippen LogP contribution >= 0.6 is 0 Å². The third-order valence-electron chi connectivity index (χ3n) is 1.85. The monoisotopic (exact) mass is 238 g/mol. The molecule has 0 atom stereocenters. The van der Waals surface area contributed by atoms with Crippen molar-refractivity contribution in [2.24, 2.45) is 0 Å². The molecule has 0 spiro atoms. The average molecular weight is 238 g/mol. The van der Waals surface area contributed by atoms with E-state index in [-0.39, 0.29) is 5.57 Å². The predicted octanol–water partition coefficient (Wildman–Crippen LogP) is 2.71. The van der Waals surface area contributed by atoms with Crippen LogP contribution in [0.2, 0.25) is 0 Å². The highest BCUT2D eigenvalue weighted by atomic mass is 16.5. The van der Waals surface area contributed by atoms with Gasteiger partial charge in [-0.3, -0.25) is 0 Å². The second kappa shape index (κ2) is 9.42. The Morgan fingerprint density at radius 1 is 1.24 bits per heavy atom. The number of ether oxygens (including phenoxy) is 1. The first-order valence-corrected chi connectivity index (χ1v) is 5.38. The van der Waals surface area contributed by atoms with Crippen molar-refractivity contribution in [1.82, 2.24) is 0 Å². The Bertz CT molecular complexity index is 342. The van der Waals surface area contributed by atoms with Gasteiger partial charge in [-0.15, -0.1) is 0 Å². The lowest BCUT2D eigenvalue weighted by molar-refractivity contribution is -0.130. The molecule has 0 unspecified atom stereocenters. The first-order chi connectivity index (χ1) is 8.17. The smallest absolute Gasteiger partial charge is 0.339 e. The molecule has 1 rings (SSSR count). The molecular formula is C13H18O4. The molecule has 0 radical (unpaired) electrons. The number of aliphatic hydroxyl groups excluding tert-OH is 1. The van der Waals surface area contributed by atoms with E-state index in [1.165, 1.54) is 0 Å². The van der Waals surface area contributed by atoms with Crippen LogP contribution in [0.5, 0.6) is 0 Å². The van der Waals surface area contributed by atoms with E-state index in [9.17, 15) is 4.79 Å². The maximum atomic E-state index is 10.5. The first kappa shape index (κ1) is 15.2. The van der Waals surface area contributed by atoms with E-state index in [4.69, 9.17) is 14.9 Å². The van der Waals surface area contributed by atoms with Gasteiger partial charge in [-0.2, -0.15) is 0 Å². The van der Waals surface area contributed by atoms with Gasteiger partial charge in [0, 0.05) is 13.2 Å². The molecule has 0 saturated carbocycles. The van der Waals surface area contributed by atoms with Gasteiger partial charge in [-0.25, -0.2) is 4.79 Å². The normalized spacial score (nSPS) is 10.4. The topological polar surface area (TPSA) is 66.8 Å². The number of carboxylic acid groups (broad SMARTS) is 1. The Morgan fingerprint density at radius 2 is 1.76 bits per heavy atom. The van der Waals surface area contributed by atoms with Crippen LogP contribution in [0.3, 0.4) is 0 Å². The number of rotatable bonds is 4. The summed E-state index contributed by atoms with van der Waals surface area (Å²) in [6.07, 6.45) is 0.595. The lowest BCUT2D eigenvalue weighted by Gasteiger charge is -1.98. The summed E-state index contributed by atoms with van der Waals surface area (Å²) in [5.41, 5.74) is 0.392. The molecule has 0 heterocycles. The summed E-state index contributed by atoms with van der Waals surface area (Å²) in [7, 11) is 0. The van der Waals surface area contributed by atoms with E-state index in [2.05, 4.69) is 0 Å². The van der Waals surface area contributed by atoms with Crippen LogP contribution in [-0.4, -0.2) is 29.4 Å². The largest absolute Gasteiger partial charge is 0.515 e. The fourth-order valence-corrected chi connectivity index (χ4v) is 1.08. The zero-order valence-electron chi connectivity index (χ0n) is 10.1. The number of carbonyl (C=O) groups is 1. The van der Waals surface area contributed by atoms with Gasteiger partial charge in [-0.05, 0) is 19.4 Å². The summed E-state index contributed by atoms with van der Waals surface area (Å²) in [6, 6.07) is 8.44. The van der Waals surface area contributed by atoms with E-state index < -0.39 is 5.97 Å². The van der Waals surface area contributed by atoms with Crippen LogP contribution in [-0.2, 0) is 9.53 Å². The van der Waals surface area contributed by atoms with Crippen molar-refractivity contribution >= 4 is 11.5 Å². The standard InChI is InChI=1S/C9H8O3.C4H10O/c10-6-8(9(11)12)7-4-2-1-3-5-7;1-3-5-4-2/h1-6,10H,(H,11,12);3-4H2,1-2H3/b8-6+;. The van der Waals surface area contributed by atoms with Gasteiger partial charge >= 0.3 is 5.97 Å². The maximum Gasteiger partial charge on any atom is 0.339 e. The molecule has 0 saturated heterocycles. The van der Waals surface area contributed by atoms with E-state index >= 15 is 0 Å². The summed E-state index contributed by atoms with van der Waals surface area (Å²) >= 11 is 0. The van der Waals surface area contributed by atoms with Crippen LogP contribution in [0.1, 0.15) is 19.4 Å². The average Bonchev–Trinajstić information content (AvgIpc) is 2.33. The molecule has 0 aliphatic rings. The van der Waals surface area contributed by atoms with E-state index in [0.717, 1.165) is 13.2 Å². The maximum absolute atomic E-state index is 10.5. The van der Waals surface area contributed by atoms with Crippen LogP contribution in [0.15, 0.2) is 36.6 Å². The molecule has 0 aliphatic heterocycles. The lowest BCUT2D eigenvalue weighted by Crippen LogP contribution is -1.98. The van der Waals surface area contributed by atoms with Crippen molar-refractivity contribution in [3.63, 3.8) is 0 Å². The molecule has 94 valence electrons. The van der Waals surface area contributed by atoms with Gasteiger partial charge in [0.15, 0.2) is 0 Å². The van der Waals surface area contributed by atoms with Crippen LogP contribution in [0.4, 0.5) is 0 Å². The molecule has 0 bridgehead atoms. The fourth-order valence-electron chi connectivity index (χ4n) is 1.08. The van der Waals surface area contributed by atoms with Crippen LogP contribution in [0, 0.1) is 0 Å². The predicted molar refractivity (Wildman–Crippen MR) is 66.9 cm³/mol. The fraction of sp³-hybridized carbons (Fsp3) is 0.308. The molecule has 2 N–H and O–H groups in total. The van der Waals surface area contributed by atoms with Crippen molar-refractivity contribution in [3.8, 4) is 0 Å². The van der Waals surface area contributed by atoms with E-state index in [0.29, 0.717) is 11.8 Å². The number of carboxylic acids is 1. The van der Waals surface area contributed by atoms with Crippen molar-refractivity contribution in [3.05, 3.63) is 42.2 Å². The van der Waals surface area contributed by atoms with E-state index in [1.54, 1.807) is 30.3 Å². The second-order valence-electron chi connectivity index (χ2n) is 3.00. The SMILES string of the molecule is CCOCC.O=C(O)/C(=C/O)c1ccccc1. The van der Waals surface area contributed by atoms with Gasteiger partial charge in [-0.1, -0.05) is 30.3 Å². The van der Waals surface area contributed by atoms with Gasteiger partial charge in [0.2, 0.25) is 0 Å². The molecule has 0 fully saturated rings. The van der Waals surface area contributed by atoms with E-state index in [1.807, 2.05) is 13.8 Å². The van der Waals surface area contributed by atoms with Crippen molar-refractivity contribution < 1.29 is 19.7 Å². The minimum Gasteiger partial charge on any atom is -0.515 e. The minimum atomic E-state index is -1.14. The van der Waals surface area contributed by atoms with Crippen molar-refractivity contribution in [2.75, 3.05) is 13.2 Å². The molecule has 1 aromatic carbocycles. The summed E-state index contributed by atoms with van der Waals surface area (Å²) in [5, 5.41) is 17.2. The Morgan fingerprint density at radius 3 is 2.06 bits per heavy atom. The number of aliphatic carboxylic acids is 1. The molecule has 0 aliphatic carbocycles. The molecule has 4 nitrogen and oxygen atoms in total. The molecule has 17 heavy (non-hydrogen) atoms. The van der Waals surface area contributed by atoms with Crippen LogP contribution < -0.4 is 0 Å². The zero-order valence-corrected chi connectivity index (χ0v) is 10.1. The zero-order chi connectivity index (χ0) is 13.1. The van der Waals surface area contributed by atoms with Gasteiger partial charge < -0.3 is 14.9 Å². The summed E-state index contributed by atoms with van der Waals surface area (Å²) in [5.74, 6) is -1.14. The third kappa shape index (κ3) is 6.37. The molecule has 1 aromatic rings. The van der Waals surface area contributed by atoms with Gasteiger partial charge in [0.25, 0.3) is 0 Å². The highest BCUT2D eigenvalue weighted by Gasteiger charge is 2.08. The van der Waals surface area contributed by atoms with Gasteiger partial charge in [0.1, 0.15) is 5.57 Å². The quantitative estimate of drug-likeness (QED) is 0.625.